The summed E-state index contributed by atoms with van der Waals surface area (Å²) in [6.07, 6.45) is 7.11. The largest absolute Gasteiger partial charge is 0.356 e. The molecule has 4 heteroatoms. The minimum atomic E-state index is 0.728. The zero-order valence-electron chi connectivity index (χ0n) is 12.7. The Bertz CT molecular complexity index is 434. The van der Waals surface area contributed by atoms with Crippen LogP contribution in [0, 0.1) is 0 Å². The normalized spacial score (nSPS) is 20.6. The van der Waals surface area contributed by atoms with Crippen LogP contribution in [-0.2, 0) is 6.54 Å². The summed E-state index contributed by atoms with van der Waals surface area (Å²) in [5.74, 6) is 1.15. The van der Waals surface area contributed by atoms with Gasteiger partial charge in [-0.2, -0.15) is 0 Å². The van der Waals surface area contributed by atoms with Crippen molar-refractivity contribution in [1.29, 1.82) is 0 Å². The Labute approximate surface area is 122 Å². The molecule has 0 aromatic carbocycles. The number of nitrogens with one attached hydrogen (secondary N) is 1. The maximum Gasteiger partial charge on any atom is 0.128 e. The van der Waals surface area contributed by atoms with Gasteiger partial charge in [-0.3, -0.25) is 0 Å². The third kappa shape index (κ3) is 3.49. The fourth-order valence-electron chi connectivity index (χ4n) is 2.90. The number of pyridine rings is 1. The monoisotopic (exact) mass is 274 g/mol. The maximum atomic E-state index is 4.56. The highest BCUT2D eigenvalue weighted by Crippen LogP contribution is 2.22. The highest BCUT2D eigenvalue weighted by atomic mass is 15.2. The molecule has 0 amide bonds. The molecule has 2 fully saturated rings. The van der Waals surface area contributed by atoms with Crippen LogP contribution in [0.2, 0.25) is 0 Å². The molecule has 0 atom stereocenters. The molecule has 2 heterocycles. The first-order valence-electron chi connectivity index (χ1n) is 7.82. The van der Waals surface area contributed by atoms with Crippen molar-refractivity contribution in [2.24, 2.45) is 0 Å². The molecule has 2 aliphatic rings. The maximum absolute atomic E-state index is 4.56. The molecule has 0 unspecified atom stereocenters. The second-order valence-corrected chi connectivity index (χ2v) is 6.36. The van der Waals surface area contributed by atoms with Gasteiger partial charge in [-0.1, -0.05) is 0 Å². The lowest BCUT2D eigenvalue weighted by atomic mass is 10.0. The SMILES string of the molecule is CN(C)C1CCN(c2cc(CNC3CC3)ccn2)CC1. The van der Waals surface area contributed by atoms with E-state index in [2.05, 4.69) is 46.3 Å². The predicted molar refractivity (Wildman–Crippen MR) is 83.0 cm³/mol. The highest BCUT2D eigenvalue weighted by Gasteiger charge is 2.22. The van der Waals surface area contributed by atoms with Gasteiger partial charge in [0.25, 0.3) is 0 Å². The van der Waals surface area contributed by atoms with Crippen LogP contribution in [0.5, 0.6) is 0 Å². The Kier molecular flexibility index (Phi) is 4.22. The van der Waals surface area contributed by atoms with Gasteiger partial charge in [0, 0.05) is 37.9 Å². The van der Waals surface area contributed by atoms with Gasteiger partial charge in [0.05, 0.1) is 0 Å². The van der Waals surface area contributed by atoms with E-state index in [9.17, 15) is 0 Å². The summed E-state index contributed by atoms with van der Waals surface area (Å²) < 4.78 is 0. The first-order valence-corrected chi connectivity index (χ1v) is 7.82. The third-order valence-corrected chi connectivity index (χ3v) is 4.50. The van der Waals surface area contributed by atoms with E-state index in [1.165, 1.54) is 31.2 Å². The summed E-state index contributed by atoms with van der Waals surface area (Å²) in [5, 5.41) is 3.57. The molecule has 0 radical (unpaired) electrons. The molecule has 110 valence electrons. The lowest BCUT2D eigenvalue weighted by Gasteiger charge is -2.35. The molecule has 1 aromatic heterocycles. The van der Waals surface area contributed by atoms with Gasteiger partial charge >= 0.3 is 0 Å². The highest BCUT2D eigenvalue weighted by molar-refractivity contribution is 5.41. The van der Waals surface area contributed by atoms with Crippen LogP contribution in [-0.4, -0.2) is 49.2 Å². The van der Waals surface area contributed by atoms with Crippen LogP contribution in [0.3, 0.4) is 0 Å². The molecular formula is C16H26N4. The Morgan fingerprint density at radius 3 is 2.65 bits per heavy atom. The average Bonchev–Trinajstić information content (AvgIpc) is 3.30. The lowest BCUT2D eigenvalue weighted by molar-refractivity contribution is 0.249. The van der Waals surface area contributed by atoms with Gasteiger partial charge in [-0.05, 0) is 57.5 Å². The van der Waals surface area contributed by atoms with Crippen LogP contribution in [0.1, 0.15) is 31.2 Å². The quantitative estimate of drug-likeness (QED) is 0.888. The van der Waals surface area contributed by atoms with Crippen molar-refractivity contribution in [3.05, 3.63) is 23.9 Å². The van der Waals surface area contributed by atoms with Gasteiger partial charge in [0.1, 0.15) is 5.82 Å². The van der Waals surface area contributed by atoms with Crippen molar-refractivity contribution >= 4 is 5.82 Å². The molecule has 4 nitrogen and oxygen atoms in total. The Morgan fingerprint density at radius 1 is 1.25 bits per heavy atom. The summed E-state index contributed by atoms with van der Waals surface area (Å²) in [6.45, 7) is 3.22. The number of piperidine rings is 1. The minimum absolute atomic E-state index is 0.728. The molecule has 0 bridgehead atoms. The number of hydrogen-bond donors (Lipinski definition) is 1. The summed E-state index contributed by atoms with van der Waals surface area (Å²) in [7, 11) is 4.37. The van der Waals surface area contributed by atoms with Crippen molar-refractivity contribution in [3.8, 4) is 0 Å². The first-order chi connectivity index (χ1) is 9.72. The number of aromatic nitrogens is 1. The van der Waals surface area contributed by atoms with E-state index in [4.69, 9.17) is 0 Å². The van der Waals surface area contributed by atoms with Crippen LogP contribution in [0.25, 0.3) is 0 Å². The predicted octanol–water partition coefficient (Wildman–Crippen LogP) is 1.86. The Balaban J connectivity index is 1.57. The molecule has 1 N–H and O–H groups in total. The average molecular weight is 274 g/mol. The van der Waals surface area contributed by atoms with Crippen molar-refractivity contribution in [2.75, 3.05) is 32.1 Å². The van der Waals surface area contributed by atoms with Gasteiger partial charge < -0.3 is 15.1 Å². The number of hydrogen-bond acceptors (Lipinski definition) is 4. The standard InChI is InChI=1S/C16H26N4/c1-19(2)15-6-9-20(10-7-15)16-11-13(5-8-17-16)12-18-14-3-4-14/h5,8,11,14-15,18H,3-4,6-7,9-10,12H2,1-2H3. The molecule has 1 aliphatic carbocycles. The molecule has 3 rings (SSSR count). The number of nitrogens with zero attached hydrogens (tertiary/aromatic N) is 3. The van der Waals surface area contributed by atoms with Crippen LogP contribution in [0.15, 0.2) is 18.3 Å². The smallest absolute Gasteiger partial charge is 0.128 e. The van der Waals surface area contributed by atoms with Crippen LogP contribution < -0.4 is 10.2 Å². The van der Waals surface area contributed by atoms with E-state index >= 15 is 0 Å². The molecule has 20 heavy (non-hydrogen) atoms. The van der Waals surface area contributed by atoms with Crippen molar-refractivity contribution in [2.45, 2.75) is 44.3 Å². The van der Waals surface area contributed by atoms with Gasteiger partial charge in [0.2, 0.25) is 0 Å². The number of anilines is 1. The van der Waals surface area contributed by atoms with Gasteiger partial charge in [-0.25, -0.2) is 4.98 Å². The fourth-order valence-corrected chi connectivity index (χ4v) is 2.90. The van der Waals surface area contributed by atoms with E-state index < -0.39 is 0 Å². The summed E-state index contributed by atoms with van der Waals surface area (Å²) in [5.41, 5.74) is 1.36. The van der Waals surface area contributed by atoms with Crippen molar-refractivity contribution in [1.82, 2.24) is 15.2 Å². The molecular weight excluding hydrogens is 248 g/mol. The van der Waals surface area contributed by atoms with Crippen molar-refractivity contribution < 1.29 is 0 Å². The van der Waals surface area contributed by atoms with Crippen molar-refractivity contribution in [3.63, 3.8) is 0 Å². The molecule has 1 saturated heterocycles. The lowest BCUT2D eigenvalue weighted by Crippen LogP contribution is -2.42. The fraction of sp³-hybridized carbons (Fsp3) is 0.688. The molecule has 1 aromatic rings. The van der Waals surface area contributed by atoms with E-state index in [1.807, 2.05) is 6.20 Å². The number of rotatable bonds is 5. The van der Waals surface area contributed by atoms with Crippen LogP contribution >= 0.6 is 0 Å². The van der Waals surface area contributed by atoms with Gasteiger partial charge in [-0.15, -0.1) is 0 Å². The minimum Gasteiger partial charge on any atom is -0.356 e. The Morgan fingerprint density at radius 2 is 2.00 bits per heavy atom. The topological polar surface area (TPSA) is 31.4 Å². The zero-order chi connectivity index (χ0) is 13.9. The summed E-state index contributed by atoms with van der Waals surface area (Å²) in [6, 6.07) is 5.88. The van der Waals surface area contributed by atoms with Crippen LogP contribution in [0.4, 0.5) is 5.82 Å². The van der Waals surface area contributed by atoms with E-state index in [0.29, 0.717) is 0 Å². The second-order valence-electron chi connectivity index (χ2n) is 6.36. The van der Waals surface area contributed by atoms with E-state index in [1.54, 1.807) is 0 Å². The molecule has 0 spiro atoms. The zero-order valence-corrected chi connectivity index (χ0v) is 12.7. The third-order valence-electron chi connectivity index (χ3n) is 4.50. The van der Waals surface area contributed by atoms with Gasteiger partial charge in [0.15, 0.2) is 0 Å². The van der Waals surface area contributed by atoms with E-state index in [-0.39, 0.29) is 0 Å². The van der Waals surface area contributed by atoms with E-state index in [0.717, 1.165) is 37.5 Å². The summed E-state index contributed by atoms with van der Waals surface area (Å²) >= 11 is 0. The molecule has 1 saturated carbocycles. The summed E-state index contributed by atoms with van der Waals surface area (Å²) in [4.78, 5) is 9.34. The second kappa shape index (κ2) is 6.10. The Hall–Kier alpha value is -1.13. The first kappa shape index (κ1) is 13.8. The molecule has 1 aliphatic heterocycles.